The van der Waals surface area contributed by atoms with Crippen LogP contribution in [0, 0.1) is 6.20 Å². The SMILES string of the molecule is O=C(Cc1n[c]c[nH]1)N1CCOCC1. The first-order chi connectivity index (χ1) is 6.86. The Hall–Kier alpha value is -1.36. The van der Waals surface area contributed by atoms with E-state index in [0.29, 0.717) is 38.5 Å². The molecule has 1 aliphatic heterocycles. The van der Waals surface area contributed by atoms with Gasteiger partial charge < -0.3 is 14.6 Å². The lowest BCUT2D eigenvalue weighted by atomic mass is 10.3. The molecule has 0 aromatic carbocycles. The van der Waals surface area contributed by atoms with E-state index in [9.17, 15) is 4.79 Å². The van der Waals surface area contributed by atoms with Gasteiger partial charge in [0.1, 0.15) is 12.0 Å². The normalized spacial score (nSPS) is 17.0. The maximum Gasteiger partial charge on any atom is 0.230 e. The summed E-state index contributed by atoms with van der Waals surface area (Å²) in [6, 6.07) is 0. The van der Waals surface area contributed by atoms with Gasteiger partial charge in [0, 0.05) is 19.3 Å². The monoisotopic (exact) mass is 194 g/mol. The van der Waals surface area contributed by atoms with E-state index < -0.39 is 0 Å². The van der Waals surface area contributed by atoms with Gasteiger partial charge in [-0.25, -0.2) is 4.98 Å². The van der Waals surface area contributed by atoms with Gasteiger partial charge in [0.25, 0.3) is 0 Å². The van der Waals surface area contributed by atoms with Crippen molar-refractivity contribution in [3.8, 4) is 0 Å². The standard InChI is InChI=1S/C9H12N3O2/c13-9(7-8-10-1-2-11-8)12-3-5-14-6-4-12/h1H,3-7H2,(H,10,11). The fourth-order valence-electron chi connectivity index (χ4n) is 1.42. The number of H-pyrrole nitrogens is 1. The van der Waals surface area contributed by atoms with Gasteiger partial charge in [-0.15, -0.1) is 0 Å². The number of carbonyl (C=O) groups excluding carboxylic acids is 1. The van der Waals surface area contributed by atoms with E-state index in [-0.39, 0.29) is 5.91 Å². The zero-order chi connectivity index (χ0) is 9.80. The van der Waals surface area contributed by atoms with E-state index in [0.717, 1.165) is 0 Å². The van der Waals surface area contributed by atoms with Crippen LogP contribution in [-0.2, 0) is 16.0 Å². The molecule has 1 radical (unpaired) electrons. The number of nitrogens with zero attached hydrogens (tertiary/aromatic N) is 2. The average Bonchev–Trinajstić information content (AvgIpc) is 2.72. The second-order valence-corrected chi connectivity index (χ2v) is 3.15. The minimum Gasteiger partial charge on any atom is -0.378 e. The van der Waals surface area contributed by atoms with E-state index in [2.05, 4.69) is 16.2 Å². The molecule has 1 aliphatic rings. The molecule has 0 bridgehead atoms. The van der Waals surface area contributed by atoms with Crippen molar-refractivity contribution in [1.29, 1.82) is 0 Å². The van der Waals surface area contributed by atoms with Crippen LogP contribution in [0.2, 0.25) is 0 Å². The van der Waals surface area contributed by atoms with Gasteiger partial charge in [-0.2, -0.15) is 0 Å². The first-order valence-electron chi connectivity index (χ1n) is 4.62. The Labute approximate surface area is 82.1 Å². The molecule has 0 unspecified atom stereocenters. The minimum absolute atomic E-state index is 0.0941. The number of carbonyl (C=O) groups is 1. The highest BCUT2D eigenvalue weighted by molar-refractivity contribution is 5.78. The van der Waals surface area contributed by atoms with Crippen molar-refractivity contribution in [2.45, 2.75) is 6.42 Å². The molecule has 2 rings (SSSR count). The quantitative estimate of drug-likeness (QED) is 0.697. The largest absolute Gasteiger partial charge is 0.378 e. The molecule has 5 nitrogen and oxygen atoms in total. The maximum absolute atomic E-state index is 11.7. The van der Waals surface area contributed by atoms with E-state index >= 15 is 0 Å². The van der Waals surface area contributed by atoms with Crippen molar-refractivity contribution < 1.29 is 9.53 Å². The van der Waals surface area contributed by atoms with Gasteiger partial charge in [-0.1, -0.05) is 0 Å². The molecule has 14 heavy (non-hydrogen) atoms. The molecule has 0 spiro atoms. The molecule has 1 N–H and O–H groups in total. The minimum atomic E-state index is 0.0941. The van der Waals surface area contributed by atoms with Crippen molar-refractivity contribution in [2.75, 3.05) is 26.3 Å². The van der Waals surface area contributed by atoms with Gasteiger partial charge in [-0.3, -0.25) is 4.79 Å². The molecule has 0 atom stereocenters. The van der Waals surface area contributed by atoms with E-state index in [1.807, 2.05) is 0 Å². The Morgan fingerprint density at radius 1 is 1.64 bits per heavy atom. The Balaban J connectivity index is 1.88. The van der Waals surface area contributed by atoms with E-state index in [4.69, 9.17) is 4.74 Å². The zero-order valence-corrected chi connectivity index (χ0v) is 7.82. The number of amides is 1. The Morgan fingerprint density at radius 2 is 2.43 bits per heavy atom. The van der Waals surface area contributed by atoms with Gasteiger partial charge in [0.05, 0.1) is 19.6 Å². The fraction of sp³-hybridized carbons (Fsp3) is 0.556. The fourth-order valence-corrected chi connectivity index (χ4v) is 1.42. The number of imidazole rings is 1. The van der Waals surface area contributed by atoms with Gasteiger partial charge in [-0.05, 0) is 0 Å². The summed E-state index contributed by atoms with van der Waals surface area (Å²) in [4.78, 5) is 20.2. The summed E-state index contributed by atoms with van der Waals surface area (Å²) in [5, 5.41) is 0. The van der Waals surface area contributed by atoms with E-state index in [1.165, 1.54) is 0 Å². The molecule has 1 saturated heterocycles. The molecule has 75 valence electrons. The molecule has 1 aromatic rings. The molecular weight excluding hydrogens is 182 g/mol. The third-order valence-corrected chi connectivity index (χ3v) is 2.19. The predicted octanol–water partition coefficient (Wildman–Crippen LogP) is -0.389. The topological polar surface area (TPSA) is 58.2 Å². The summed E-state index contributed by atoms with van der Waals surface area (Å²) in [6.07, 6.45) is 4.56. The van der Waals surface area contributed by atoms with Crippen LogP contribution in [0.5, 0.6) is 0 Å². The first-order valence-corrected chi connectivity index (χ1v) is 4.62. The second-order valence-electron chi connectivity index (χ2n) is 3.15. The summed E-state index contributed by atoms with van der Waals surface area (Å²) in [7, 11) is 0. The third kappa shape index (κ3) is 2.11. The number of nitrogens with one attached hydrogen (secondary N) is 1. The highest BCUT2D eigenvalue weighted by Gasteiger charge is 2.17. The number of ether oxygens (including phenoxy) is 1. The highest BCUT2D eigenvalue weighted by Crippen LogP contribution is 2.01. The van der Waals surface area contributed by atoms with Crippen molar-refractivity contribution in [2.24, 2.45) is 0 Å². The third-order valence-electron chi connectivity index (χ3n) is 2.19. The van der Waals surface area contributed by atoms with E-state index in [1.54, 1.807) is 11.1 Å². The number of morpholine rings is 1. The maximum atomic E-state index is 11.7. The Kier molecular flexibility index (Phi) is 2.78. The molecule has 1 aromatic heterocycles. The number of rotatable bonds is 2. The van der Waals surface area contributed by atoms with Crippen LogP contribution in [-0.4, -0.2) is 47.1 Å². The molecule has 5 heteroatoms. The van der Waals surface area contributed by atoms with Crippen molar-refractivity contribution in [3.63, 3.8) is 0 Å². The molecule has 0 aliphatic carbocycles. The lowest BCUT2D eigenvalue weighted by Gasteiger charge is -2.26. The number of aromatic amines is 1. The van der Waals surface area contributed by atoms with Crippen LogP contribution in [0.1, 0.15) is 5.82 Å². The molecule has 1 amide bonds. The summed E-state index contributed by atoms with van der Waals surface area (Å²) in [6.45, 7) is 2.64. The van der Waals surface area contributed by atoms with Gasteiger partial charge in [0.2, 0.25) is 5.91 Å². The highest BCUT2D eigenvalue weighted by atomic mass is 16.5. The predicted molar refractivity (Wildman–Crippen MR) is 48.5 cm³/mol. The van der Waals surface area contributed by atoms with Crippen LogP contribution in [0.4, 0.5) is 0 Å². The lowest BCUT2D eigenvalue weighted by molar-refractivity contribution is -0.134. The molecular formula is C9H12N3O2. The number of aromatic nitrogens is 2. The summed E-state index contributed by atoms with van der Waals surface area (Å²) < 4.78 is 5.16. The molecule has 0 saturated carbocycles. The summed E-state index contributed by atoms with van der Waals surface area (Å²) in [5.41, 5.74) is 0. The van der Waals surface area contributed by atoms with Crippen LogP contribution >= 0.6 is 0 Å². The van der Waals surface area contributed by atoms with Gasteiger partial charge in [0.15, 0.2) is 0 Å². The van der Waals surface area contributed by atoms with Crippen molar-refractivity contribution >= 4 is 5.91 Å². The Bertz CT molecular complexity index is 291. The van der Waals surface area contributed by atoms with Crippen LogP contribution in [0.3, 0.4) is 0 Å². The molecule has 2 heterocycles. The summed E-state index contributed by atoms with van der Waals surface area (Å²) in [5.74, 6) is 0.762. The van der Waals surface area contributed by atoms with Gasteiger partial charge >= 0.3 is 0 Å². The van der Waals surface area contributed by atoms with Crippen LogP contribution in [0.25, 0.3) is 0 Å². The smallest absolute Gasteiger partial charge is 0.230 e. The summed E-state index contributed by atoms with van der Waals surface area (Å²) >= 11 is 0. The molecule has 1 fully saturated rings. The average molecular weight is 194 g/mol. The second kappa shape index (κ2) is 4.23. The van der Waals surface area contributed by atoms with Crippen LogP contribution in [0.15, 0.2) is 6.20 Å². The lowest BCUT2D eigenvalue weighted by Crippen LogP contribution is -2.41. The Morgan fingerprint density at radius 3 is 3.07 bits per heavy atom. The first kappa shape index (κ1) is 9.21. The number of hydrogen-bond acceptors (Lipinski definition) is 3. The van der Waals surface area contributed by atoms with Crippen molar-refractivity contribution in [1.82, 2.24) is 14.9 Å². The van der Waals surface area contributed by atoms with Crippen molar-refractivity contribution in [3.05, 3.63) is 18.2 Å². The zero-order valence-electron chi connectivity index (χ0n) is 7.82. The number of hydrogen-bond donors (Lipinski definition) is 1. The van der Waals surface area contributed by atoms with Crippen LogP contribution < -0.4 is 0 Å².